The Morgan fingerprint density at radius 3 is 2.83 bits per heavy atom. The fourth-order valence-corrected chi connectivity index (χ4v) is 2.68. The molecule has 0 aromatic carbocycles. The van der Waals surface area contributed by atoms with Crippen LogP contribution in [-0.2, 0) is 0 Å². The lowest BCUT2D eigenvalue weighted by atomic mass is 10.2. The van der Waals surface area contributed by atoms with Gasteiger partial charge in [0, 0.05) is 4.88 Å². The normalized spacial score (nSPS) is 10.1. The number of nitrogens with zero attached hydrogens (tertiary/aromatic N) is 1. The van der Waals surface area contributed by atoms with E-state index in [0.717, 1.165) is 10.4 Å². The molecule has 18 heavy (non-hydrogen) atoms. The zero-order chi connectivity index (χ0) is 13.3. The number of anilines is 1. The number of carbonyl (C=O) groups excluding carboxylic acids is 1. The molecule has 0 fully saturated rings. The first-order valence-corrected chi connectivity index (χ1v) is 6.28. The van der Waals surface area contributed by atoms with E-state index < -0.39 is 0 Å². The van der Waals surface area contributed by atoms with Crippen LogP contribution in [0.1, 0.15) is 26.4 Å². The zero-order valence-corrected chi connectivity index (χ0v) is 11.3. The van der Waals surface area contributed by atoms with E-state index in [9.17, 15) is 4.79 Å². The van der Waals surface area contributed by atoms with Crippen LogP contribution in [0.25, 0.3) is 0 Å². The maximum absolute atomic E-state index is 11.9. The summed E-state index contributed by atoms with van der Waals surface area (Å²) in [5, 5.41) is 12.3. The van der Waals surface area contributed by atoms with Crippen LogP contribution < -0.4 is 5.32 Å². The van der Waals surface area contributed by atoms with Crippen molar-refractivity contribution >= 4 is 33.8 Å². The Hall–Kier alpha value is -1.77. The molecule has 1 N–H and O–H groups in total. The predicted molar refractivity (Wildman–Crippen MR) is 70.2 cm³/mol. The van der Waals surface area contributed by atoms with Gasteiger partial charge in [-0.1, -0.05) is 0 Å². The highest BCUT2D eigenvalue weighted by Gasteiger charge is 2.18. The van der Waals surface area contributed by atoms with Gasteiger partial charge in [0.25, 0.3) is 5.91 Å². The number of hydrogen-bond donors (Lipinski definition) is 1. The van der Waals surface area contributed by atoms with Gasteiger partial charge in [-0.3, -0.25) is 4.79 Å². The van der Waals surface area contributed by atoms with Gasteiger partial charge in [-0.05, 0) is 37.1 Å². The molecule has 0 saturated heterocycles. The molecule has 2 aromatic heterocycles. The summed E-state index contributed by atoms with van der Waals surface area (Å²) in [4.78, 5) is 12.9. The minimum absolute atomic E-state index is 0.0380. The lowest BCUT2D eigenvalue weighted by molar-refractivity contribution is 0.102. The molecule has 0 spiro atoms. The Balaban J connectivity index is 2.31. The molecular weight excluding hydrogens is 272 g/mol. The van der Waals surface area contributed by atoms with E-state index in [1.165, 1.54) is 23.7 Å². The van der Waals surface area contributed by atoms with E-state index in [0.29, 0.717) is 10.6 Å². The Morgan fingerprint density at radius 2 is 2.28 bits per heavy atom. The fraction of sp³-hybridized carbons (Fsp3) is 0.167. The summed E-state index contributed by atoms with van der Waals surface area (Å²) < 4.78 is 4.85. The van der Waals surface area contributed by atoms with Crippen LogP contribution in [0.5, 0.6) is 0 Å². The van der Waals surface area contributed by atoms with Gasteiger partial charge < -0.3 is 9.73 Å². The fourth-order valence-electron chi connectivity index (χ4n) is 1.48. The quantitative estimate of drug-likeness (QED) is 0.911. The summed E-state index contributed by atoms with van der Waals surface area (Å²) in [6.07, 6.45) is 1.34. The molecule has 0 unspecified atom stereocenters. The van der Waals surface area contributed by atoms with Crippen molar-refractivity contribution in [3.8, 4) is 6.07 Å². The smallest absolute Gasteiger partial charge is 0.261 e. The lowest BCUT2D eigenvalue weighted by Gasteiger charge is -2.01. The standard InChI is InChI=1S/C12H9ClN2O2S/c1-6-7(2)18-12(9(6)5-14)15-11(16)8-3-4-17-10(8)13/h3-4H,1-2H3,(H,15,16). The first-order chi connectivity index (χ1) is 8.54. The summed E-state index contributed by atoms with van der Waals surface area (Å²) in [5.41, 5.74) is 1.63. The summed E-state index contributed by atoms with van der Waals surface area (Å²) in [7, 11) is 0. The van der Waals surface area contributed by atoms with Gasteiger partial charge in [-0.15, -0.1) is 11.3 Å². The highest BCUT2D eigenvalue weighted by Crippen LogP contribution is 2.32. The van der Waals surface area contributed by atoms with Gasteiger partial charge in [0.1, 0.15) is 11.1 Å². The molecule has 0 atom stereocenters. The Bertz CT molecular complexity index is 652. The van der Waals surface area contributed by atoms with Crippen molar-refractivity contribution in [2.24, 2.45) is 0 Å². The molecule has 0 saturated carbocycles. The van der Waals surface area contributed by atoms with Crippen LogP contribution in [0.2, 0.25) is 5.22 Å². The Kier molecular flexibility index (Phi) is 3.41. The van der Waals surface area contributed by atoms with Crippen LogP contribution in [0.15, 0.2) is 16.7 Å². The Labute approximate surface area is 113 Å². The average Bonchev–Trinajstić information content (AvgIpc) is 2.85. The van der Waals surface area contributed by atoms with Crippen molar-refractivity contribution in [2.75, 3.05) is 5.32 Å². The number of nitriles is 1. The Morgan fingerprint density at radius 1 is 1.56 bits per heavy atom. The summed E-state index contributed by atoms with van der Waals surface area (Å²) in [6.45, 7) is 3.76. The van der Waals surface area contributed by atoms with Crippen LogP contribution in [-0.4, -0.2) is 5.91 Å². The SMILES string of the molecule is Cc1sc(NC(=O)c2ccoc2Cl)c(C#N)c1C. The van der Waals surface area contributed by atoms with Crippen molar-refractivity contribution in [3.63, 3.8) is 0 Å². The molecular formula is C12H9ClN2O2S. The van der Waals surface area contributed by atoms with Gasteiger partial charge in [-0.2, -0.15) is 5.26 Å². The van der Waals surface area contributed by atoms with Crippen molar-refractivity contribution in [1.29, 1.82) is 5.26 Å². The second-order valence-corrected chi connectivity index (χ2v) is 5.23. The number of nitrogens with one attached hydrogen (secondary N) is 1. The van der Waals surface area contributed by atoms with Crippen LogP contribution in [0.4, 0.5) is 5.00 Å². The third-order valence-corrected chi connectivity index (χ3v) is 4.00. The van der Waals surface area contributed by atoms with E-state index >= 15 is 0 Å². The number of thiophene rings is 1. The zero-order valence-electron chi connectivity index (χ0n) is 9.70. The van der Waals surface area contributed by atoms with Gasteiger partial charge >= 0.3 is 0 Å². The van der Waals surface area contributed by atoms with Crippen LogP contribution in [0.3, 0.4) is 0 Å². The largest absolute Gasteiger partial charge is 0.452 e. The number of carbonyl (C=O) groups is 1. The third-order valence-electron chi connectivity index (χ3n) is 2.59. The van der Waals surface area contributed by atoms with Gasteiger partial charge in [0.2, 0.25) is 5.22 Å². The number of rotatable bonds is 2. The molecule has 0 aliphatic rings. The number of amides is 1. The second kappa shape index (κ2) is 4.84. The molecule has 0 radical (unpaired) electrons. The third kappa shape index (κ3) is 2.13. The first kappa shape index (κ1) is 12.7. The lowest BCUT2D eigenvalue weighted by Crippen LogP contribution is -2.11. The first-order valence-electron chi connectivity index (χ1n) is 5.09. The number of furan rings is 1. The van der Waals surface area contributed by atoms with E-state index in [1.807, 2.05) is 13.8 Å². The summed E-state index contributed by atoms with van der Waals surface area (Å²) in [5.74, 6) is -0.383. The van der Waals surface area contributed by atoms with Crippen molar-refractivity contribution < 1.29 is 9.21 Å². The minimum Gasteiger partial charge on any atom is -0.452 e. The highest BCUT2D eigenvalue weighted by molar-refractivity contribution is 7.16. The molecule has 2 heterocycles. The molecule has 92 valence electrons. The highest BCUT2D eigenvalue weighted by atomic mass is 35.5. The molecule has 6 heteroatoms. The number of halogens is 1. The van der Waals surface area contributed by atoms with Gasteiger partial charge in [-0.25, -0.2) is 0 Å². The molecule has 0 bridgehead atoms. The average molecular weight is 281 g/mol. The monoisotopic (exact) mass is 280 g/mol. The molecule has 0 aliphatic heterocycles. The molecule has 0 aliphatic carbocycles. The van der Waals surface area contributed by atoms with Crippen molar-refractivity contribution in [3.05, 3.63) is 39.1 Å². The molecule has 2 rings (SSSR count). The van der Waals surface area contributed by atoms with Gasteiger partial charge in [0.05, 0.1) is 17.4 Å². The predicted octanol–water partition coefficient (Wildman–Crippen LogP) is 3.74. The van der Waals surface area contributed by atoms with E-state index in [1.54, 1.807) is 0 Å². The van der Waals surface area contributed by atoms with E-state index in [4.69, 9.17) is 21.3 Å². The van der Waals surface area contributed by atoms with Crippen LogP contribution in [0, 0.1) is 25.2 Å². The summed E-state index contributed by atoms with van der Waals surface area (Å²) in [6, 6.07) is 3.57. The van der Waals surface area contributed by atoms with Crippen molar-refractivity contribution in [1.82, 2.24) is 0 Å². The molecule has 2 aromatic rings. The van der Waals surface area contributed by atoms with E-state index in [-0.39, 0.29) is 16.7 Å². The van der Waals surface area contributed by atoms with E-state index in [2.05, 4.69) is 11.4 Å². The van der Waals surface area contributed by atoms with Crippen molar-refractivity contribution in [2.45, 2.75) is 13.8 Å². The van der Waals surface area contributed by atoms with Crippen LogP contribution >= 0.6 is 22.9 Å². The minimum atomic E-state index is -0.383. The van der Waals surface area contributed by atoms with Gasteiger partial charge in [0.15, 0.2) is 0 Å². The molecule has 1 amide bonds. The number of aryl methyl sites for hydroxylation is 1. The maximum Gasteiger partial charge on any atom is 0.261 e. The maximum atomic E-state index is 11.9. The topological polar surface area (TPSA) is 66.0 Å². The molecule has 4 nitrogen and oxygen atoms in total. The summed E-state index contributed by atoms with van der Waals surface area (Å²) >= 11 is 7.09. The number of hydrogen-bond acceptors (Lipinski definition) is 4. The second-order valence-electron chi connectivity index (χ2n) is 3.66.